The zero-order valence-corrected chi connectivity index (χ0v) is 11.2. The summed E-state index contributed by atoms with van der Waals surface area (Å²) in [5.74, 6) is -0.480. The van der Waals surface area contributed by atoms with E-state index in [1.807, 2.05) is 13.0 Å². The van der Waals surface area contributed by atoms with E-state index in [4.69, 9.17) is 5.11 Å². The van der Waals surface area contributed by atoms with Gasteiger partial charge in [0.2, 0.25) is 0 Å². The average Bonchev–Trinajstić information content (AvgIpc) is 2.16. The third kappa shape index (κ3) is 2.98. The maximum Gasteiger partial charge on any atom is 0.338 e. The van der Waals surface area contributed by atoms with Gasteiger partial charge in [-0.15, -0.1) is 0 Å². The second kappa shape index (κ2) is 5.34. The summed E-state index contributed by atoms with van der Waals surface area (Å²) in [6, 6.07) is 5.57. The molecule has 0 aliphatic rings. The van der Waals surface area contributed by atoms with Crippen molar-refractivity contribution < 1.29 is 9.90 Å². The zero-order chi connectivity index (χ0) is 12.3. The van der Waals surface area contributed by atoms with Gasteiger partial charge >= 0.3 is 5.97 Å². The van der Waals surface area contributed by atoms with Crippen LogP contribution in [0.4, 0.5) is 5.69 Å². The highest BCUT2D eigenvalue weighted by Gasteiger charge is 2.16. The maximum absolute atomic E-state index is 11.1. The Balaban J connectivity index is 3.04. The normalized spacial score (nSPS) is 12.6. The Morgan fingerprint density at radius 2 is 2.00 bits per heavy atom. The standard InChI is InChI=1S/C12H16BrNO2/c1-7(2)8(3)14-10-6-4-5-9(13)11(10)12(15)16/h4-8,14H,1-3H3,(H,15,16). The number of carboxylic acid groups (broad SMARTS) is 1. The average molecular weight is 286 g/mol. The monoisotopic (exact) mass is 285 g/mol. The van der Waals surface area contributed by atoms with Gasteiger partial charge in [0.25, 0.3) is 0 Å². The van der Waals surface area contributed by atoms with Crippen LogP contribution in [-0.2, 0) is 0 Å². The lowest BCUT2D eigenvalue weighted by molar-refractivity contribution is 0.0697. The number of halogens is 1. The maximum atomic E-state index is 11.1. The minimum atomic E-state index is -0.925. The van der Waals surface area contributed by atoms with Gasteiger partial charge in [-0.2, -0.15) is 0 Å². The summed E-state index contributed by atoms with van der Waals surface area (Å²) in [7, 11) is 0. The molecule has 0 bridgehead atoms. The fourth-order valence-electron chi connectivity index (χ4n) is 1.27. The van der Waals surface area contributed by atoms with Gasteiger partial charge in [-0.25, -0.2) is 4.79 Å². The van der Waals surface area contributed by atoms with E-state index in [0.717, 1.165) is 0 Å². The number of aromatic carboxylic acids is 1. The second-order valence-electron chi connectivity index (χ2n) is 4.14. The molecule has 4 heteroatoms. The molecule has 0 fully saturated rings. The van der Waals surface area contributed by atoms with E-state index in [0.29, 0.717) is 16.1 Å². The van der Waals surface area contributed by atoms with E-state index in [9.17, 15) is 4.79 Å². The smallest absolute Gasteiger partial charge is 0.338 e. The number of benzene rings is 1. The van der Waals surface area contributed by atoms with Crippen LogP contribution in [0.2, 0.25) is 0 Å². The Morgan fingerprint density at radius 3 is 2.50 bits per heavy atom. The summed E-state index contributed by atoms with van der Waals surface area (Å²) in [6.45, 7) is 6.23. The summed E-state index contributed by atoms with van der Waals surface area (Å²) >= 11 is 3.25. The van der Waals surface area contributed by atoms with Crippen molar-refractivity contribution in [3.8, 4) is 0 Å². The van der Waals surface area contributed by atoms with Crippen LogP contribution in [0.1, 0.15) is 31.1 Å². The number of hydrogen-bond acceptors (Lipinski definition) is 2. The molecule has 1 aromatic carbocycles. The molecule has 2 N–H and O–H groups in total. The molecule has 1 atom stereocenters. The van der Waals surface area contributed by atoms with Crippen molar-refractivity contribution in [3.63, 3.8) is 0 Å². The van der Waals surface area contributed by atoms with Crippen molar-refractivity contribution >= 4 is 27.6 Å². The molecule has 0 aromatic heterocycles. The van der Waals surface area contributed by atoms with Crippen molar-refractivity contribution in [2.24, 2.45) is 5.92 Å². The van der Waals surface area contributed by atoms with Crippen LogP contribution in [0.25, 0.3) is 0 Å². The van der Waals surface area contributed by atoms with Crippen LogP contribution in [0, 0.1) is 5.92 Å². The van der Waals surface area contributed by atoms with E-state index < -0.39 is 5.97 Å². The minimum Gasteiger partial charge on any atom is -0.478 e. The summed E-state index contributed by atoms with van der Waals surface area (Å²) in [5, 5.41) is 12.3. The molecule has 1 rings (SSSR count). The van der Waals surface area contributed by atoms with E-state index in [1.54, 1.807) is 12.1 Å². The minimum absolute atomic E-state index is 0.229. The van der Waals surface area contributed by atoms with E-state index in [2.05, 4.69) is 35.1 Å². The van der Waals surface area contributed by atoms with Crippen molar-refractivity contribution in [1.82, 2.24) is 0 Å². The van der Waals surface area contributed by atoms with Crippen LogP contribution < -0.4 is 5.32 Å². The van der Waals surface area contributed by atoms with Gasteiger partial charge in [0.1, 0.15) is 0 Å². The molecule has 3 nitrogen and oxygen atoms in total. The molecule has 1 aromatic rings. The second-order valence-corrected chi connectivity index (χ2v) is 5.00. The molecule has 0 saturated carbocycles. The Morgan fingerprint density at radius 1 is 1.38 bits per heavy atom. The predicted octanol–water partition coefficient (Wildman–Crippen LogP) is 3.60. The Labute approximate surface area is 104 Å². The lowest BCUT2D eigenvalue weighted by Crippen LogP contribution is -2.23. The van der Waals surface area contributed by atoms with Crippen LogP contribution in [-0.4, -0.2) is 17.1 Å². The van der Waals surface area contributed by atoms with Gasteiger partial charge in [-0.1, -0.05) is 19.9 Å². The summed E-state index contributed by atoms with van der Waals surface area (Å²) in [6.07, 6.45) is 0. The molecular formula is C12H16BrNO2. The number of anilines is 1. The van der Waals surface area contributed by atoms with E-state index >= 15 is 0 Å². The molecular weight excluding hydrogens is 270 g/mol. The quantitative estimate of drug-likeness (QED) is 0.889. The molecule has 1 unspecified atom stereocenters. The fourth-order valence-corrected chi connectivity index (χ4v) is 1.81. The first-order valence-electron chi connectivity index (χ1n) is 5.21. The van der Waals surface area contributed by atoms with Crippen molar-refractivity contribution in [3.05, 3.63) is 28.2 Å². The summed E-state index contributed by atoms with van der Waals surface area (Å²) in [5.41, 5.74) is 0.943. The number of hydrogen-bond donors (Lipinski definition) is 2. The number of carboxylic acids is 1. The third-order valence-corrected chi connectivity index (χ3v) is 3.27. The predicted molar refractivity (Wildman–Crippen MR) is 69.0 cm³/mol. The van der Waals surface area contributed by atoms with Gasteiger partial charge in [0, 0.05) is 10.5 Å². The van der Waals surface area contributed by atoms with Gasteiger partial charge in [-0.3, -0.25) is 0 Å². The molecule has 16 heavy (non-hydrogen) atoms. The van der Waals surface area contributed by atoms with Gasteiger partial charge in [0.05, 0.1) is 11.3 Å². The molecule has 0 spiro atoms. The Hall–Kier alpha value is -1.03. The van der Waals surface area contributed by atoms with Crippen molar-refractivity contribution in [2.75, 3.05) is 5.32 Å². The number of rotatable bonds is 4. The molecule has 0 heterocycles. The summed E-state index contributed by atoms with van der Waals surface area (Å²) in [4.78, 5) is 11.1. The van der Waals surface area contributed by atoms with Crippen LogP contribution in [0.3, 0.4) is 0 Å². The first-order chi connectivity index (χ1) is 7.43. The van der Waals surface area contributed by atoms with Crippen molar-refractivity contribution in [2.45, 2.75) is 26.8 Å². The molecule has 0 amide bonds. The lowest BCUT2D eigenvalue weighted by Gasteiger charge is -2.20. The van der Waals surface area contributed by atoms with E-state index in [-0.39, 0.29) is 11.6 Å². The highest BCUT2D eigenvalue weighted by molar-refractivity contribution is 9.10. The topological polar surface area (TPSA) is 49.3 Å². The van der Waals surface area contributed by atoms with Crippen LogP contribution >= 0.6 is 15.9 Å². The summed E-state index contributed by atoms with van der Waals surface area (Å²) < 4.78 is 0.598. The number of carbonyl (C=O) groups is 1. The largest absolute Gasteiger partial charge is 0.478 e. The highest BCUT2D eigenvalue weighted by atomic mass is 79.9. The van der Waals surface area contributed by atoms with Crippen molar-refractivity contribution in [1.29, 1.82) is 0 Å². The van der Waals surface area contributed by atoms with Gasteiger partial charge in [0.15, 0.2) is 0 Å². The zero-order valence-electron chi connectivity index (χ0n) is 9.62. The van der Waals surface area contributed by atoms with Gasteiger partial charge in [-0.05, 0) is 40.9 Å². The van der Waals surface area contributed by atoms with Gasteiger partial charge < -0.3 is 10.4 Å². The van der Waals surface area contributed by atoms with Crippen LogP contribution in [0.5, 0.6) is 0 Å². The lowest BCUT2D eigenvalue weighted by atomic mass is 10.1. The molecule has 0 radical (unpaired) electrons. The molecule has 0 saturated heterocycles. The van der Waals surface area contributed by atoms with Crippen LogP contribution in [0.15, 0.2) is 22.7 Å². The fraction of sp³-hybridized carbons (Fsp3) is 0.417. The highest BCUT2D eigenvalue weighted by Crippen LogP contribution is 2.26. The molecule has 0 aliphatic heterocycles. The van der Waals surface area contributed by atoms with E-state index in [1.165, 1.54) is 0 Å². The first kappa shape index (κ1) is 13.0. The Bertz CT molecular complexity index is 391. The third-order valence-electron chi connectivity index (χ3n) is 2.61. The Kier molecular flexibility index (Phi) is 4.35. The molecule has 88 valence electrons. The number of nitrogens with one attached hydrogen (secondary N) is 1. The SMILES string of the molecule is CC(C)C(C)Nc1cccc(Br)c1C(=O)O. The first-order valence-corrected chi connectivity index (χ1v) is 6.01. The molecule has 0 aliphatic carbocycles.